The van der Waals surface area contributed by atoms with Gasteiger partial charge in [0.1, 0.15) is 17.3 Å². The van der Waals surface area contributed by atoms with Gasteiger partial charge in [-0.25, -0.2) is 9.78 Å². The molecule has 0 aliphatic heterocycles. The topological polar surface area (TPSA) is 107 Å². The lowest BCUT2D eigenvalue weighted by atomic mass is 10.2. The number of carbonyl (C=O) groups is 1. The van der Waals surface area contributed by atoms with Crippen molar-refractivity contribution >= 4 is 46.4 Å². The third kappa shape index (κ3) is 5.29. The van der Waals surface area contributed by atoms with Gasteiger partial charge in [0.15, 0.2) is 5.65 Å². The molecule has 0 aliphatic carbocycles. The van der Waals surface area contributed by atoms with E-state index in [9.17, 15) is 9.59 Å². The fraction of sp³-hybridized carbons (Fsp3) is 0.174. The van der Waals surface area contributed by atoms with Crippen LogP contribution in [0.2, 0.25) is 5.02 Å². The fourth-order valence-corrected chi connectivity index (χ4v) is 4.21. The lowest BCUT2D eigenvalue weighted by molar-refractivity contribution is 0.262. The van der Waals surface area contributed by atoms with E-state index in [2.05, 4.69) is 15.6 Å². The zero-order valence-corrected chi connectivity index (χ0v) is 20.1. The standard InChI is InChI=1S/C23H21ClN4O5S/c1-13-8-21-25-15(9-22(29)28(21)33-13)12-34-16-6-4-14(5-7-16)26-23(30)27-18-10-17(24)19(31-2)11-20(18)32-3/h4-11H,12H2,1-3H3,(H2,26,27,30). The largest absolute Gasteiger partial charge is 0.495 e. The van der Waals surface area contributed by atoms with Crippen molar-refractivity contribution in [2.24, 2.45) is 0 Å². The number of fused-ring (bicyclic) bond motifs is 1. The third-order valence-corrected chi connectivity index (χ3v) is 6.09. The Morgan fingerprint density at radius 2 is 1.82 bits per heavy atom. The van der Waals surface area contributed by atoms with E-state index < -0.39 is 6.03 Å². The summed E-state index contributed by atoms with van der Waals surface area (Å²) >= 11 is 7.67. The molecule has 0 spiro atoms. The summed E-state index contributed by atoms with van der Waals surface area (Å²) in [6.07, 6.45) is 0. The maximum atomic E-state index is 12.4. The number of urea groups is 1. The molecule has 2 aromatic carbocycles. The Bertz CT molecular complexity index is 1400. The Kier molecular flexibility index (Phi) is 6.99. The Morgan fingerprint density at radius 1 is 1.09 bits per heavy atom. The van der Waals surface area contributed by atoms with Gasteiger partial charge in [-0.2, -0.15) is 0 Å². The fourth-order valence-electron chi connectivity index (χ4n) is 3.18. The number of amides is 2. The third-order valence-electron chi connectivity index (χ3n) is 4.75. The molecule has 0 atom stereocenters. The molecule has 0 saturated carbocycles. The zero-order chi connectivity index (χ0) is 24.2. The molecule has 0 saturated heterocycles. The van der Waals surface area contributed by atoms with E-state index >= 15 is 0 Å². The van der Waals surface area contributed by atoms with Gasteiger partial charge in [-0.1, -0.05) is 11.6 Å². The molecule has 0 radical (unpaired) electrons. The van der Waals surface area contributed by atoms with Crippen LogP contribution in [0.25, 0.3) is 5.65 Å². The van der Waals surface area contributed by atoms with Crippen LogP contribution in [0.5, 0.6) is 11.5 Å². The van der Waals surface area contributed by atoms with E-state index in [4.69, 9.17) is 25.6 Å². The predicted octanol–water partition coefficient (Wildman–Crippen LogP) is 5.20. The molecule has 2 heterocycles. The Morgan fingerprint density at radius 3 is 2.53 bits per heavy atom. The van der Waals surface area contributed by atoms with Crippen molar-refractivity contribution < 1.29 is 18.8 Å². The first kappa shape index (κ1) is 23.5. The summed E-state index contributed by atoms with van der Waals surface area (Å²) in [5.74, 6) is 1.99. The Balaban J connectivity index is 1.37. The van der Waals surface area contributed by atoms with Gasteiger partial charge < -0.3 is 24.6 Å². The molecule has 0 aliphatic rings. The molecule has 9 nitrogen and oxygen atoms in total. The summed E-state index contributed by atoms with van der Waals surface area (Å²) in [6, 6.07) is 13.2. The number of aryl methyl sites for hydroxylation is 1. The van der Waals surface area contributed by atoms with Gasteiger partial charge in [-0.05, 0) is 37.3 Å². The Hall–Kier alpha value is -3.63. The number of nitrogens with one attached hydrogen (secondary N) is 2. The van der Waals surface area contributed by atoms with Crippen LogP contribution in [0.1, 0.15) is 11.5 Å². The van der Waals surface area contributed by atoms with E-state index in [1.54, 1.807) is 37.3 Å². The number of nitrogens with zero attached hydrogens (tertiary/aromatic N) is 2. The van der Waals surface area contributed by atoms with Crippen LogP contribution in [0.15, 0.2) is 62.7 Å². The van der Waals surface area contributed by atoms with Crippen molar-refractivity contribution in [2.45, 2.75) is 17.6 Å². The van der Waals surface area contributed by atoms with Crippen LogP contribution in [0.3, 0.4) is 0 Å². The van der Waals surface area contributed by atoms with Crippen LogP contribution < -0.4 is 25.7 Å². The number of thioether (sulfide) groups is 1. The molecule has 11 heteroatoms. The molecule has 4 aromatic rings. The number of hydrogen-bond donors (Lipinski definition) is 2. The van der Waals surface area contributed by atoms with Crippen LogP contribution >= 0.6 is 23.4 Å². The zero-order valence-electron chi connectivity index (χ0n) is 18.5. The number of halogens is 1. The van der Waals surface area contributed by atoms with Crippen molar-refractivity contribution in [1.29, 1.82) is 0 Å². The number of anilines is 2. The maximum absolute atomic E-state index is 12.4. The highest BCUT2D eigenvalue weighted by Gasteiger charge is 2.13. The monoisotopic (exact) mass is 500 g/mol. The van der Waals surface area contributed by atoms with Gasteiger partial charge in [0.05, 0.1) is 30.6 Å². The summed E-state index contributed by atoms with van der Waals surface area (Å²) < 4.78 is 16.9. The molecule has 34 heavy (non-hydrogen) atoms. The highest BCUT2D eigenvalue weighted by atomic mass is 35.5. The summed E-state index contributed by atoms with van der Waals surface area (Å²) in [4.78, 5) is 30.0. The molecule has 2 amide bonds. The van der Waals surface area contributed by atoms with E-state index in [0.29, 0.717) is 50.8 Å². The highest BCUT2D eigenvalue weighted by Crippen LogP contribution is 2.36. The molecule has 0 fully saturated rings. The van der Waals surface area contributed by atoms with Crippen LogP contribution in [-0.2, 0) is 5.75 Å². The predicted molar refractivity (Wildman–Crippen MR) is 132 cm³/mol. The normalized spacial score (nSPS) is 10.8. The average molecular weight is 501 g/mol. The maximum Gasteiger partial charge on any atom is 0.323 e. The molecular weight excluding hydrogens is 480 g/mol. The van der Waals surface area contributed by atoms with Gasteiger partial charge in [-0.3, -0.25) is 4.79 Å². The van der Waals surface area contributed by atoms with Crippen LogP contribution in [0.4, 0.5) is 16.2 Å². The summed E-state index contributed by atoms with van der Waals surface area (Å²) in [6.45, 7) is 1.76. The minimum atomic E-state index is -0.451. The summed E-state index contributed by atoms with van der Waals surface area (Å²) in [5.41, 5.74) is 1.90. The van der Waals surface area contributed by atoms with Gasteiger partial charge in [0.2, 0.25) is 0 Å². The lowest BCUT2D eigenvalue weighted by Crippen LogP contribution is -2.19. The van der Waals surface area contributed by atoms with Crippen molar-refractivity contribution in [3.63, 3.8) is 0 Å². The second-order valence-electron chi connectivity index (χ2n) is 7.16. The number of rotatable bonds is 7. The first-order valence-corrected chi connectivity index (χ1v) is 11.4. The average Bonchev–Trinajstić information content (AvgIpc) is 3.19. The second-order valence-corrected chi connectivity index (χ2v) is 8.62. The van der Waals surface area contributed by atoms with Gasteiger partial charge in [0, 0.05) is 34.5 Å². The molecule has 2 aromatic heterocycles. The Labute approximate surface area is 204 Å². The number of methoxy groups -OCH3 is 2. The molecule has 4 rings (SSSR count). The minimum Gasteiger partial charge on any atom is -0.495 e. The molecule has 0 bridgehead atoms. The van der Waals surface area contributed by atoms with Crippen molar-refractivity contribution in [3.05, 3.63) is 75.4 Å². The van der Waals surface area contributed by atoms with Gasteiger partial charge in [0.25, 0.3) is 5.56 Å². The number of carbonyl (C=O) groups excluding carboxylic acids is 1. The minimum absolute atomic E-state index is 0.256. The first-order chi connectivity index (χ1) is 16.4. The molecule has 176 valence electrons. The SMILES string of the molecule is COc1cc(OC)c(NC(=O)Nc2ccc(SCc3cc(=O)n4oc(C)cc4n3)cc2)cc1Cl. The van der Waals surface area contributed by atoms with E-state index in [0.717, 1.165) is 4.90 Å². The molecule has 0 unspecified atom stereocenters. The van der Waals surface area contributed by atoms with Crippen LogP contribution in [-0.4, -0.2) is 29.8 Å². The number of aromatic nitrogens is 2. The van der Waals surface area contributed by atoms with Gasteiger partial charge >= 0.3 is 6.03 Å². The number of hydrogen-bond acceptors (Lipinski definition) is 7. The van der Waals surface area contributed by atoms with Crippen LogP contribution in [0, 0.1) is 6.92 Å². The van der Waals surface area contributed by atoms with E-state index in [1.807, 2.05) is 12.1 Å². The quantitative estimate of drug-likeness (QED) is 0.336. The summed E-state index contributed by atoms with van der Waals surface area (Å²) in [7, 11) is 2.99. The molecule has 2 N–H and O–H groups in total. The van der Waals surface area contributed by atoms with Crippen molar-refractivity contribution in [1.82, 2.24) is 9.56 Å². The molecular formula is C23H21ClN4O5S. The smallest absolute Gasteiger partial charge is 0.323 e. The van der Waals surface area contributed by atoms with E-state index in [1.165, 1.54) is 36.6 Å². The second kappa shape index (κ2) is 10.1. The summed E-state index contributed by atoms with van der Waals surface area (Å²) in [5, 5.41) is 5.83. The van der Waals surface area contributed by atoms with Gasteiger partial charge in [-0.15, -0.1) is 16.3 Å². The number of benzene rings is 2. The lowest BCUT2D eigenvalue weighted by Gasteiger charge is -2.14. The van der Waals surface area contributed by atoms with E-state index in [-0.39, 0.29) is 5.56 Å². The highest BCUT2D eigenvalue weighted by molar-refractivity contribution is 7.98. The van der Waals surface area contributed by atoms with Crippen molar-refractivity contribution in [2.75, 3.05) is 24.9 Å². The van der Waals surface area contributed by atoms with Crippen molar-refractivity contribution in [3.8, 4) is 11.5 Å². The number of ether oxygens (including phenoxy) is 2. The first-order valence-electron chi connectivity index (χ1n) is 10.1.